The molecule has 1 saturated carbocycles. The number of hydrogen-bond acceptors (Lipinski definition) is 3. The SMILES string of the molecule is CCC1CNC(C2CC2)CN1C(CC)COC. The van der Waals surface area contributed by atoms with Crippen LogP contribution in [0.4, 0.5) is 0 Å². The number of nitrogens with one attached hydrogen (secondary N) is 1. The van der Waals surface area contributed by atoms with Crippen molar-refractivity contribution < 1.29 is 4.74 Å². The lowest BCUT2D eigenvalue weighted by Gasteiger charge is -2.44. The van der Waals surface area contributed by atoms with Crippen LogP contribution in [0.3, 0.4) is 0 Å². The molecule has 0 spiro atoms. The second-order valence-electron chi connectivity index (χ2n) is 5.63. The highest BCUT2D eigenvalue weighted by molar-refractivity contribution is 4.95. The minimum Gasteiger partial charge on any atom is -0.383 e. The summed E-state index contributed by atoms with van der Waals surface area (Å²) in [7, 11) is 1.82. The summed E-state index contributed by atoms with van der Waals surface area (Å²) in [6.45, 7) is 7.86. The van der Waals surface area contributed by atoms with Crippen LogP contribution in [0.5, 0.6) is 0 Å². The van der Waals surface area contributed by atoms with E-state index in [1.807, 2.05) is 7.11 Å². The average molecular weight is 240 g/mol. The second-order valence-corrected chi connectivity index (χ2v) is 5.63. The van der Waals surface area contributed by atoms with Gasteiger partial charge in [-0.05, 0) is 31.6 Å². The number of hydrogen-bond donors (Lipinski definition) is 1. The monoisotopic (exact) mass is 240 g/mol. The Kier molecular flexibility index (Phi) is 4.83. The highest BCUT2D eigenvalue weighted by atomic mass is 16.5. The summed E-state index contributed by atoms with van der Waals surface area (Å²) in [6.07, 6.45) is 5.30. The predicted molar refractivity (Wildman–Crippen MR) is 71.3 cm³/mol. The minimum absolute atomic E-state index is 0.605. The Morgan fingerprint density at radius 2 is 2.12 bits per heavy atom. The Morgan fingerprint density at radius 1 is 1.35 bits per heavy atom. The van der Waals surface area contributed by atoms with Gasteiger partial charge in [-0.15, -0.1) is 0 Å². The number of nitrogens with zero attached hydrogens (tertiary/aromatic N) is 1. The summed E-state index contributed by atoms with van der Waals surface area (Å²) >= 11 is 0. The third-order valence-corrected chi connectivity index (χ3v) is 4.45. The summed E-state index contributed by atoms with van der Waals surface area (Å²) < 4.78 is 5.39. The van der Waals surface area contributed by atoms with Gasteiger partial charge in [0.1, 0.15) is 0 Å². The Labute approximate surface area is 106 Å². The van der Waals surface area contributed by atoms with Crippen molar-refractivity contribution in [2.45, 2.75) is 57.7 Å². The van der Waals surface area contributed by atoms with E-state index in [4.69, 9.17) is 4.74 Å². The van der Waals surface area contributed by atoms with Crippen LogP contribution in [0.1, 0.15) is 39.5 Å². The normalized spacial score (nSPS) is 32.6. The molecule has 3 heteroatoms. The lowest BCUT2D eigenvalue weighted by Crippen LogP contribution is -2.60. The van der Waals surface area contributed by atoms with E-state index in [-0.39, 0.29) is 0 Å². The van der Waals surface area contributed by atoms with Gasteiger partial charge in [0.05, 0.1) is 6.61 Å². The van der Waals surface area contributed by atoms with E-state index in [9.17, 15) is 0 Å². The van der Waals surface area contributed by atoms with Crippen LogP contribution in [0, 0.1) is 5.92 Å². The summed E-state index contributed by atoms with van der Waals surface area (Å²) in [4.78, 5) is 2.71. The molecule has 1 aliphatic carbocycles. The topological polar surface area (TPSA) is 24.5 Å². The predicted octanol–water partition coefficient (Wildman–Crippen LogP) is 1.87. The fourth-order valence-electron chi connectivity index (χ4n) is 3.13. The van der Waals surface area contributed by atoms with Crippen LogP contribution in [0.25, 0.3) is 0 Å². The van der Waals surface area contributed by atoms with Gasteiger partial charge in [0.15, 0.2) is 0 Å². The first-order valence-electron chi connectivity index (χ1n) is 7.28. The maximum atomic E-state index is 5.39. The lowest BCUT2D eigenvalue weighted by atomic mass is 10.0. The molecule has 0 aromatic rings. The Hall–Kier alpha value is -0.120. The molecule has 2 rings (SSSR count). The molecular weight excluding hydrogens is 212 g/mol. The van der Waals surface area contributed by atoms with Gasteiger partial charge >= 0.3 is 0 Å². The van der Waals surface area contributed by atoms with Gasteiger partial charge in [0.2, 0.25) is 0 Å². The van der Waals surface area contributed by atoms with Crippen molar-refractivity contribution >= 4 is 0 Å². The van der Waals surface area contributed by atoms with Gasteiger partial charge in [-0.25, -0.2) is 0 Å². The fourth-order valence-corrected chi connectivity index (χ4v) is 3.13. The molecule has 100 valence electrons. The zero-order chi connectivity index (χ0) is 12.3. The first-order valence-corrected chi connectivity index (χ1v) is 7.28. The summed E-state index contributed by atoms with van der Waals surface area (Å²) in [5, 5.41) is 3.75. The molecule has 2 fully saturated rings. The molecule has 0 aromatic heterocycles. The van der Waals surface area contributed by atoms with Crippen molar-refractivity contribution in [1.29, 1.82) is 0 Å². The molecule has 3 nitrogen and oxygen atoms in total. The number of ether oxygens (including phenoxy) is 1. The van der Waals surface area contributed by atoms with Crippen molar-refractivity contribution in [3.8, 4) is 0 Å². The van der Waals surface area contributed by atoms with Crippen molar-refractivity contribution in [3.05, 3.63) is 0 Å². The molecule has 1 heterocycles. The van der Waals surface area contributed by atoms with Crippen LogP contribution >= 0.6 is 0 Å². The average Bonchev–Trinajstić information content (AvgIpc) is 3.19. The zero-order valence-electron chi connectivity index (χ0n) is 11.6. The number of rotatable bonds is 6. The third kappa shape index (κ3) is 3.21. The van der Waals surface area contributed by atoms with Crippen molar-refractivity contribution in [2.24, 2.45) is 5.92 Å². The van der Waals surface area contributed by atoms with Crippen LogP contribution < -0.4 is 5.32 Å². The van der Waals surface area contributed by atoms with Crippen LogP contribution in [-0.4, -0.2) is 49.8 Å². The van der Waals surface area contributed by atoms with Gasteiger partial charge in [0, 0.05) is 38.3 Å². The van der Waals surface area contributed by atoms with Gasteiger partial charge < -0.3 is 10.1 Å². The minimum atomic E-state index is 0.605. The van der Waals surface area contributed by atoms with Crippen LogP contribution in [0.15, 0.2) is 0 Å². The Bertz CT molecular complexity index is 230. The van der Waals surface area contributed by atoms with E-state index >= 15 is 0 Å². The van der Waals surface area contributed by atoms with Gasteiger partial charge in [0.25, 0.3) is 0 Å². The quantitative estimate of drug-likeness (QED) is 0.767. The molecule has 0 bridgehead atoms. The Morgan fingerprint density at radius 3 is 2.65 bits per heavy atom. The second kappa shape index (κ2) is 6.17. The lowest BCUT2D eigenvalue weighted by molar-refractivity contribution is 0.0269. The summed E-state index contributed by atoms with van der Waals surface area (Å²) in [5.41, 5.74) is 0. The number of methoxy groups -OCH3 is 1. The first kappa shape index (κ1) is 13.3. The third-order valence-electron chi connectivity index (χ3n) is 4.45. The van der Waals surface area contributed by atoms with Crippen LogP contribution in [-0.2, 0) is 4.74 Å². The molecule has 1 N–H and O–H groups in total. The van der Waals surface area contributed by atoms with E-state index in [1.54, 1.807) is 0 Å². The van der Waals surface area contributed by atoms with E-state index < -0.39 is 0 Å². The maximum Gasteiger partial charge on any atom is 0.0618 e. The summed E-state index contributed by atoms with van der Waals surface area (Å²) in [5.74, 6) is 0.954. The van der Waals surface area contributed by atoms with Gasteiger partial charge in [-0.2, -0.15) is 0 Å². The molecule has 17 heavy (non-hydrogen) atoms. The highest BCUT2D eigenvalue weighted by Crippen LogP contribution is 2.35. The summed E-state index contributed by atoms with van der Waals surface area (Å²) in [6, 6.07) is 2.04. The largest absolute Gasteiger partial charge is 0.383 e. The molecule has 0 aromatic carbocycles. The smallest absolute Gasteiger partial charge is 0.0618 e. The molecule has 3 unspecified atom stereocenters. The van der Waals surface area contributed by atoms with E-state index in [1.165, 1.54) is 32.2 Å². The van der Waals surface area contributed by atoms with Gasteiger partial charge in [-0.1, -0.05) is 13.8 Å². The number of piperazine rings is 1. The molecule has 1 saturated heterocycles. The molecule has 2 aliphatic rings. The standard InChI is InChI=1S/C14H28N2O/c1-4-12-8-15-14(11-6-7-11)9-16(12)13(5-2)10-17-3/h11-15H,4-10H2,1-3H3. The molecule has 3 atom stereocenters. The van der Waals surface area contributed by atoms with E-state index in [2.05, 4.69) is 24.1 Å². The van der Waals surface area contributed by atoms with Crippen LogP contribution in [0.2, 0.25) is 0 Å². The van der Waals surface area contributed by atoms with Gasteiger partial charge in [-0.3, -0.25) is 4.90 Å². The molecule has 0 amide bonds. The van der Waals surface area contributed by atoms with Crippen molar-refractivity contribution in [2.75, 3.05) is 26.8 Å². The Balaban J connectivity index is 1.96. The zero-order valence-corrected chi connectivity index (χ0v) is 11.6. The fraction of sp³-hybridized carbons (Fsp3) is 1.00. The van der Waals surface area contributed by atoms with E-state index in [0.29, 0.717) is 12.1 Å². The molecule has 1 aliphatic heterocycles. The van der Waals surface area contributed by atoms with Crippen molar-refractivity contribution in [1.82, 2.24) is 10.2 Å². The first-order chi connectivity index (χ1) is 8.30. The van der Waals surface area contributed by atoms with Crippen molar-refractivity contribution in [3.63, 3.8) is 0 Å². The molecular formula is C14H28N2O. The van der Waals surface area contributed by atoms with E-state index in [0.717, 1.165) is 25.1 Å². The highest BCUT2D eigenvalue weighted by Gasteiger charge is 2.38. The molecule has 0 radical (unpaired) electrons. The maximum absolute atomic E-state index is 5.39.